The van der Waals surface area contributed by atoms with E-state index in [2.05, 4.69) is 0 Å². The predicted octanol–water partition coefficient (Wildman–Crippen LogP) is 0.728. The summed E-state index contributed by atoms with van der Waals surface area (Å²) in [5.41, 5.74) is 5.63. The van der Waals surface area contributed by atoms with Crippen LogP contribution in [0.1, 0.15) is 5.56 Å². The number of nitrogens with zero attached hydrogens (tertiary/aromatic N) is 1. The highest BCUT2D eigenvalue weighted by atomic mass is 79.9. The second-order valence-electron chi connectivity index (χ2n) is 2.91. The van der Waals surface area contributed by atoms with Crippen LogP contribution in [0.2, 0.25) is 0 Å². The van der Waals surface area contributed by atoms with Crippen molar-refractivity contribution in [1.82, 2.24) is 10.3 Å². The molecule has 0 aromatic heterocycles. The van der Waals surface area contributed by atoms with Gasteiger partial charge in [-0.3, -0.25) is 10.3 Å². The van der Waals surface area contributed by atoms with Crippen LogP contribution in [0.15, 0.2) is 30.3 Å². The molecule has 5 N–H and O–H groups in total. The summed E-state index contributed by atoms with van der Waals surface area (Å²) < 4.78 is 0. The first-order valence-corrected chi connectivity index (χ1v) is 4.26. The molecular weight excluding hydrogens is 276 g/mol. The van der Waals surface area contributed by atoms with Crippen LogP contribution >= 0.6 is 17.0 Å². The zero-order valence-electron chi connectivity index (χ0n) is 8.42. The van der Waals surface area contributed by atoms with Gasteiger partial charge in [0.2, 0.25) is 0 Å². The van der Waals surface area contributed by atoms with Gasteiger partial charge in [0.05, 0.1) is 6.54 Å². The van der Waals surface area contributed by atoms with Gasteiger partial charge in [-0.15, -0.1) is 17.0 Å². The van der Waals surface area contributed by atoms with E-state index in [4.69, 9.17) is 11.6 Å². The van der Waals surface area contributed by atoms with Gasteiger partial charge in [-0.2, -0.15) is 0 Å². The van der Waals surface area contributed by atoms with Crippen LogP contribution < -0.4 is 16.9 Å². The Bertz CT molecular complexity index is 358. The number of carbonyl (C=O) groups is 2. The van der Waals surface area contributed by atoms with E-state index in [1.54, 1.807) is 0 Å². The Kier molecular flexibility index (Phi) is 6.12. The lowest BCUT2D eigenvalue weighted by atomic mass is 10.2. The topological polar surface area (TPSA) is 101 Å². The average molecular weight is 289 g/mol. The molecule has 0 spiro atoms. The molecule has 0 heterocycles. The maximum absolute atomic E-state index is 11.1. The summed E-state index contributed by atoms with van der Waals surface area (Å²) in [5.74, 6) is 5.41. The number of benzene rings is 1. The number of amides is 4. The predicted molar refractivity (Wildman–Crippen MR) is 64.6 cm³/mol. The molecule has 1 aromatic rings. The number of hydrazine groups is 1. The molecule has 0 aliphatic rings. The monoisotopic (exact) mass is 288 g/mol. The fourth-order valence-electron chi connectivity index (χ4n) is 1.03. The van der Waals surface area contributed by atoms with Crippen molar-refractivity contribution in [2.24, 2.45) is 11.6 Å². The highest BCUT2D eigenvalue weighted by molar-refractivity contribution is 8.93. The summed E-state index contributed by atoms with van der Waals surface area (Å²) in [6.45, 7) is 0.208. The molecule has 6 nitrogen and oxygen atoms in total. The smallest absolute Gasteiger partial charge is 0.339 e. The highest BCUT2D eigenvalue weighted by Crippen LogP contribution is 2.00. The zero-order chi connectivity index (χ0) is 11.3. The number of nitrogens with one attached hydrogen (secondary N) is 1. The number of rotatable bonds is 2. The van der Waals surface area contributed by atoms with E-state index >= 15 is 0 Å². The Hall–Kier alpha value is -1.60. The van der Waals surface area contributed by atoms with Crippen molar-refractivity contribution in [3.05, 3.63) is 35.9 Å². The van der Waals surface area contributed by atoms with Gasteiger partial charge in [0, 0.05) is 0 Å². The summed E-state index contributed by atoms with van der Waals surface area (Å²) in [7, 11) is 0. The van der Waals surface area contributed by atoms with Crippen LogP contribution in [0.4, 0.5) is 9.59 Å². The quantitative estimate of drug-likeness (QED) is 0.425. The van der Waals surface area contributed by atoms with Crippen LogP contribution in [0.5, 0.6) is 0 Å². The first kappa shape index (κ1) is 14.4. The number of primary amides is 1. The first-order valence-electron chi connectivity index (χ1n) is 4.26. The molecule has 88 valence electrons. The summed E-state index contributed by atoms with van der Waals surface area (Å²) in [6, 6.07) is 7.49. The molecule has 0 atom stereocenters. The molecule has 1 rings (SSSR count). The minimum Gasteiger partial charge on any atom is -0.351 e. The Morgan fingerprint density at radius 3 is 2.31 bits per heavy atom. The highest BCUT2D eigenvalue weighted by Gasteiger charge is 2.10. The molecule has 0 bridgehead atoms. The molecule has 0 unspecified atom stereocenters. The lowest BCUT2D eigenvalue weighted by molar-refractivity contribution is 0.195. The second kappa shape index (κ2) is 6.81. The van der Waals surface area contributed by atoms with Gasteiger partial charge >= 0.3 is 12.1 Å². The molecule has 16 heavy (non-hydrogen) atoms. The maximum Gasteiger partial charge on any atom is 0.339 e. The van der Waals surface area contributed by atoms with E-state index in [0.29, 0.717) is 0 Å². The van der Waals surface area contributed by atoms with Crippen LogP contribution in [0.3, 0.4) is 0 Å². The van der Waals surface area contributed by atoms with Gasteiger partial charge < -0.3 is 5.73 Å². The first-order chi connectivity index (χ1) is 7.09. The Morgan fingerprint density at radius 1 is 1.25 bits per heavy atom. The van der Waals surface area contributed by atoms with Crippen molar-refractivity contribution in [3.63, 3.8) is 0 Å². The lowest BCUT2D eigenvalue weighted by Crippen LogP contribution is -2.47. The van der Waals surface area contributed by atoms with Gasteiger partial charge in [-0.25, -0.2) is 15.4 Å². The summed E-state index contributed by atoms with van der Waals surface area (Å²) in [5, 5.41) is 2.74. The number of halogens is 1. The lowest BCUT2D eigenvalue weighted by Gasteiger charge is -2.15. The molecule has 0 aliphatic carbocycles. The Balaban J connectivity index is 0.00000225. The van der Waals surface area contributed by atoms with E-state index in [-0.39, 0.29) is 23.5 Å². The van der Waals surface area contributed by atoms with Crippen LogP contribution in [-0.2, 0) is 6.54 Å². The van der Waals surface area contributed by atoms with E-state index < -0.39 is 12.1 Å². The third kappa shape index (κ3) is 4.76. The van der Waals surface area contributed by atoms with Gasteiger partial charge in [-0.1, -0.05) is 30.3 Å². The molecule has 0 saturated carbocycles. The van der Waals surface area contributed by atoms with Crippen molar-refractivity contribution >= 4 is 29.0 Å². The SMILES string of the molecule is Br.NC(=O)NC(=O)N(N)Cc1ccccc1. The standard InChI is InChI=1S/C9H12N4O2.BrH/c10-8(14)12-9(15)13(11)6-7-4-2-1-3-5-7;/h1-5H,6,11H2,(H3,10,12,14,15);1H. The molecule has 4 amide bonds. The van der Waals surface area contributed by atoms with Gasteiger partial charge in [-0.05, 0) is 5.56 Å². The van der Waals surface area contributed by atoms with Gasteiger partial charge in [0.1, 0.15) is 0 Å². The second-order valence-corrected chi connectivity index (χ2v) is 2.91. The van der Waals surface area contributed by atoms with Gasteiger partial charge in [0.15, 0.2) is 0 Å². The zero-order valence-corrected chi connectivity index (χ0v) is 10.1. The fraction of sp³-hybridized carbons (Fsp3) is 0.111. The van der Waals surface area contributed by atoms with Crippen LogP contribution in [0, 0.1) is 0 Å². The van der Waals surface area contributed by atoms with Gasteiger partial charge in [0.25, 0.3) is 0 Å². The number of carbonyl (C=O) groups excluding carboxylic acids is 2. The minimum atomic E-state index is -0.927. The maximum atomic E-state index is 11.1. The number of hydrogen-bond donors (Lipinski definition) is 3. The van der Waals surface area contributed by atoms with Crippen LogP contribution in [0.25, 0.3) is 0 Å². The fourth-order valence-corrected chi connectivity index (χ4v) is 1.03. The molecule has 0 aliphatic heterocycles. The molecular formula is C9H13BrN4O2. The Labute approximate surface area is 103 Å². The van der Waals surface area contributed by atoms with Crippen molar-refractivity contribution < 1.29 is 9.59 Å². The van der Waals surface area contributed by atoms with E-state index in [9.17, 15) is 9.59 Å². The van der Waals surface area contributed by atoms with Crippen molar-refractivity contribution in [2.75, 3.05) is 0 Å². The number of urea groups is 2. The summed E-state index contributed by atoms with van der Waals surface area (Å²) >= 11 is 0. The number of nitrogens with two attached hydrogens (primary N) is 2. The number of hydrogen-bond acceptors (Lipinski definition) is 3. The number of imide groups is 1. The summed E-state index contributed by atoms with van der Waals surface area (Å²) in [4.78, 5) is 21.5. The van der Waals surface area contributed by atoms with Crippen molar-refractivity contribution in [2.45, 2.75) is 6.54 Å². The summed E-state index contributed by atoms with van der Waals surface area (Å²) in [6.07, 6.45) is 0. The molecule has 7 heteroatoms. The third-order valence-electron chi connectivity index (χ3n) is 1.69. The van der Waals surface area contributed by atoms with E-state index in [0.717, 1.165) is 10.6 Å². The minimum absolute atomic E-state index is 0. The molecule has 1 aromatic carbocycles. The van der Waals surface area contributed by atoms with E-state index in [1.165, 1.54) is 0 Å². The third-order valence-corrected chi connectivity index (χ3v) is 1.69. The Morgan fingerprint density at radius 2 is 1.81 bits per heavy atom. The van der Waals surface area contributed by atoms with E-state index in [1.807, 2.05) is 35.6 Å². The largest absolute Gasteiger partial charge is 0.351 e. The van der Waals surface area contributed by atoms with Crippen molar-refractivity contribution in [3.8, 4) is 0 Å². The molecule has 0 fully saturated rings. The van der Waals surface area contributed by atoms with Crippen LogP contribution in [-0.4, -0.2) is 17.1 Å². The molecule has 0 radical (unpaired) electrons. The normalized spacial score (nSPS) is 8.81. The molecule has 0 saturated heterocycles. The van der Waals surface area contributed by atoms with Crippen molar-refractivity contribution in [1.29, 1.82) is 0 Å². The average Bonchev–Trinajstić information content (AvgIpc) is 2.18.